The average molecular weight is 370 g/mol. The molecule has 6 nitrogen and oxygen atoms in total. The number of benzene rings is 1. The third-order valence-corrected chi connectivity index (χ3v) is 6.33. The Bertz CT molecular complexity index is 762. The highest BCUT2D eigenvalue weighted by Crippen LogP contribution is 2.40. The SMILES string of the molecule is O=C(O)[C@@H]1C[C@H]2CCCC[C@@H]2N1C(=O)c1cccc(CN2CCCC2=O)c1. The first-order valence-corrected chi connectivity index (χ1v) is 9.97. The molecule has 6 heteroatoms. The first-order chi connectivity index (χ1) is 13.0. The lowest BCUT2D eigenvalue weighted by Gasteiger charge is -2.33. The summed E-state index contributed by atoms with van der Waals surface area (Å²) in [5.74, 6) is -0.639. The average Bonchev–Trinajstić information content (AvgIpc) is 3.25. The first-order valence-electron chi connectivity index (χ1n) is 9.97. The van der Waals surface area contributed by atoms with Gasteiger partial charge in [0.05, 0.1) is 0 Å². The number of rotatable bonds is 4. The van der Waals surface area contributed by atoms with Crippen LogP contribution in [-0.2, 0) is 16.1 Å². The number of fused-ring (bicyclic) bond motifs is 1. The molecule has 4 rings (SSSR count). The molecule has 1 N–H and O–H groups in total. The van der Waals surface area contributed by atoms with Gasteiger partial charge in [-0.1, -0.05) is 25.0 Å². The Hall–Kier alpha value is -2.37. The molecule has 2 saturated heterocycles. The number of carbonyl (C=O) groups is 3. The van der Waals surface area contributed by atoms with Crippen molar-refractivity contribution in [2.45, 2.75) is 63.6 Å². The lowest BCUT2D eigenvalue weighted by molar-refractivity contribution is -0.141. The van der Waals surface area contributed by atoms with E-state index in [-0.39, 0.29) is 17.9 Å². The van der Waals surface area contributed by atoms with Crippen molar-refractivity contribution in [1.82, 2.24) is 9.80 Å². The molecule has 3 atom stereocenters. The van der Waals surface area contributed by atoms with E-state index in [2.05, 4.69) is 0 Å². The van der Waals surface area contributed by atoms with Crippen LogP contribution < -0.4 is 0 Å². The molecule has 0 unspecified atom stereocenters. The fourth-order valence-corrected chi connectivity index (χ4v) is 5.02. The largest absolute Gasteiger partial charge is 0.480 e. The predicted molar refractivity (Wildman–Crippen MR) is 99.0 cm³/mol. The zero-order valence-electron chi connectivity index (χ0n) is 15.5. The summed E-state index contributed by atoms with van der Waals surface area (Å²) in [6.45, 7) is 1.27. The summed E-state index contributed by atoms with van der Waals surface area (Å²) in [5, 5.41) is 9.66. The minimum absolute atomic E-state index is 0.0381. The topological polar surface area (TPSA) is 77.9 Å². The van der Waals surface area contributed by atoms with Gasteiger partial charge in [-0.3, -0.25) is 9.59 Å². The number of nitrogens with zero attached hydrogens (tertiary/aromatic N) is 2. The first kappa shape index (κ1) is 18.0. The fraction of sp³-hybridized carbons (Fsp3) is 0.571. The van der Waals surface area contributed by atoms with Gasteiger partial charge in [0.15, 0.2) is 0 Å². The quantitative estimate of drug-likeness (QED) is 0.884. The predicted octanol–water partition coefficient (Wildman–Crippen LogP) is 2.67. The van der Waals surface area contributed by atoms with Crippen LogP contribution in [0.2, 0.25) is 0 Å². The maximum Gasteiger partial charge on any atom is 0.326 e. The van der Waals surface area contributed by atoms with Crippen LogP contribution in [0.1, 0.15) is 60.9 Å². The maximum absolute atomic E-state index is 13.3. The van der Waals surface area contributed by atoms with Gasteiger partial charge in [0, 0.05) is 31.1 Å². The van der Waals surface area contributed by atoms with Crippen LogP contribution in [0, 0.1) is 5.92 Å². The molecular formula is C21H26N2O4. The van der Waals surface area contributed by atoms with Gasteiger partial charge < -0.3 is 14.9 Å². The van der Waals surface area contributed by atoms with Gasteiger partial charge >= 0.3 is 5.97 Å². The Morgan fingerprint density at radius 1 is 1.15 bits per heavy atom. The van der Waals surface area contributed by atoms with Gasteiger partial charge in [-0.05, 0) is 49.3 Å². The van der Waals surface area contributed by atoms with Gasteiger partial charge in [0.25, 0.3) is 5.91 Å². The highest BCUT2D eigenvalue weighted by molar-refractivity contribution is 5.97. The molecule has 2 aliphatic heterocycles. The second kappa shape index (κ2) is 7.33. The third kappa shape index (κ3) is 3.45. The standard InChI is InChI=1S/C21H26N2O4/c24-19-9-4-10-22(19)13-14-5-3-7-16(11-14)20(25)23-17-8-2-1-6-15(17)12-18(23)21(26)27/h3,5,7,11,15,17-18H,1-2,4,6,8-10,12-13H2,(H,26,27)/t15-,17+,18+/m1/s1. The summed E-state index contributed by atoms with van der Waals surface area (Å²) in [6.07, 6.45) is 6.11. The Labute approximate surface area is 159 Å². The molecule has 3 aliphatic rings. The minimum atomic E-state index is -0.906. The van der Waals surface area contributed by atoms with Crippen molar-refractivity contribution in [3.05, 3.63) is 35.4 Å². The smallest absolute Gasteiger partial charge is 0.326 e. The van der Waals surface area contributed by atoms with Crippen LogP contribution in [0.5, 0.6) is 0 Å². The van der Waals surface area contributed by atoms with E-state index >= 15 is 0 Å². The summed E-state index contributed by atoms with van der Waals surface area (Å²) >= 11 is 0. The fourth-order valence-electron chi connectivity index (χ4n) is 5.02. The van der Waals surface area contributed by atoms with E-state index in [4.69, 9.17) is 0 Å². The lowest BCUT2D eigenvalue weighted by atomic mass is 9.84. The zero-order chi connectivity index (χ0) is 19.0. The monoisotopic (exact) mass is 370 g/mol. The number of carboxylic acids is 1. The van der Waals surface area contributed by atoms with E-state index in [0.29, 0.717) is 30.9 Å². The summed E-state index contributed by atoms with van der Waals surface area (Å²) < 4.78 is 0. The summed E-state index contributed by atoms with van der Waals surface area (Å²) in [7, 11) is 0. The second-order valence-corrected chi connectivity index (χ2v) is 8.03. The molecule has 1 aromatic carbocycles. The van der Waals surface area contributed by atoms with E-state index < -0.39 is 12.0 Å². The van der Waals surface area contributed by atoms with Crippen LogP contribution in [0.4, 0.5) is 0 Å². The van der Waals surface area contributed by atoms with Crippen molar-refractivity contribution >= 4 is 17.8 Å². The molecule has 2 amide bonds. The normalized spacial score (nSPS) is 27.7. The molecule has 0 bridgehead atoms. The van der Waals surface area contributed by atoms with Gasteiger partial charge in [0.2, 0.25) is 5.91 Å². The Balaban J connectivity index is 1.56. The van der Waals surface area contributed by atoms with E-state index in [0.717, 1.165) is 44.2 Å². The molecule has 0 spiro atoms. The van der Waals surface area contributed by atoms with Crippen LogP contribution in [0.3, 0.4) is 0 Å². The van der Waals surface area contributed by atoms with Gasteiger partial charge in [-0.15, -0.1) is 0 Å². The lowest BCUT2D eigenvalue weighted by Crippen LogP contribution is -2.46. The molecule has 1 saturated carbocycles. The molecule has 2 heterocycles. The van der Waals surface area contributed by atoms with Gasteiger partial charge in [-0.25, -0.2) is 4.79 Å². The van der Waals surface area contributed by atoms with E-state index in [9.17, 15) is 19.5 Å². The van der Waals surface area contributed by atoms with Gasteiger partial charge in [0.1, 0.15) is 6.04 Å². The van der Waals surface area contributed by atoms with Crippen molar-refractivity contribution in [2.24, 2.45) is 5.92 Å². The Morgan fingerprint density at radius 2 is 1.96 bits per heavy atom. The number of carbonyl (C=O) groups excluding carboxylic acids is 2. The molecule has 3 fully saturated rings. The van der Waals surface area contributed by atoms with E-state index in [1.54, 1.807) is 11.0 Å². The third-order valence-electron chi connectivity index (χ3n) is 6.33. The Morgan fingerprint density at radius 3 is 2.70 bits per heavy atom. The molecule has 27 heavy (non-hydrogen) atoms. The Kier molecular flexibility index (Phi) is 4.89. The van der Waals surface area contributed by atoms with Crippen molar-refractivity contribution in [3.8, 4) is 0 Å². The summed E-state index contributed by atoms with van der Waals surface area (Å²) in [4.78, 5) is 40.4. The number of amides is 2. The summed E-state index contributed by atoms with van der Waals surface area (Å²) in [5.41, 5.74) is 1.44. The summed E-state index contributed by atoms with van der Waals surface area (Å²) in [6, 6.07) is 6.64. The van der Waals surface area contributed by atoms with Crippen LogP contribution >= 0.6 is 0 Å². The van der Waals surface area contributed by atoms with Crippen molar-refractivity contribution in [2.75, 3.05) is 6.54 Å². The molecule has 144 valence electrons. The molecule has 0 radical (unpaired) electrons. The second-order valence-electron chi connectivity index (χ2n) is 8.03. The van der Waals surface area contributed by atoms with Crippen molar-refractivity contribution < 1.29 is 19.5 Å². The number of hydrogen-bond donors (Lipinski definition) is 1. The number of hydrogen-bond acceptors (Lipinski definition) is 3. The zero-order valence-corrected chi connectivity index (χ0v) is 15.5. The van der Waals surface area contributed by atoms with Crippen LogP contribution in [0.15, 0.2) is 24.3 Å². The molecule has 1 aliphatic carbocycles. The minimum Gasteiger partial charge on any atom is -0.480 e. The molecular weight excluding hydrogens is 344 g/mol. The van der Waals surface area contributed by atoms with Crippen molar-refractivity contribution in [1.29, 1.82) is 0 Å². The van der Waals surface area contributed by atoms with E-state index in [1.165, 1.54) is 0 Å². The molecule has 1 aromatic rings. The van der Waals surface area contributed by atoms with Gasteiger partial charge in [-0.2, -0.15) is 0 Å². The number of aliphatic carboxylic acids is 1. The number of carboxylic acid groups (broad SMARTS) is 1. The maximum atomic E-state index is 13.3. The van der Waals surface area contributed by atoms with Crippen LogP contribution in [-0.4, -0.2) is 51.3 Å². The van der Waals surface area contributed by atoms with Crippen molar-refractivity contribution in [3.63, 3.8) is 0 Å². The van der Waals surface area contributed by atoms with Crippen LogP contribution in [0.25, 0.3) is 0 Å². The highest BCUT2D eigenvalue weighted by Gasteiger charge is 2.47. The number of likely N-dealkylation sites (tertiary alicyclic amines) is 2. The molecule has 0 aromatic heterocycles. The highest BCUT2D eigenvalue weighted by atomic mass is 16.4. The van der Waals surface area contributed by atoms with E-state index in [1.807, 2.05) is 23.1 Å².